The predicted molar refractivity (Wildman–Crippen MR) is 85.9 cm³/mol. The molecule has 2 saturated heterocycles. The maximum absolute atomic E-state index is 13.2. The summed E-state index contributed by atoms with van der Waals surface area (Å²) < 4.78 is 32.6. The Bertz CT molecular complexity index is 776. The van der Waals surface area contributed by atoms with Crippen molar-refractivity contribution in [2.75, 3.05) is 20.7 Å². The number of carbonyl (C=O) groups excluding carboxylic acids is 2. The number of hydrogen-bond donors (Lipinski definition) is 0. The predicted octanol–water partition coefficient (Wildman–Crippen LogP) is 0.857. The maximum atomic E-state index is 13.2. The standard InChI is InChI=1S/C16H20N2O5S/c1-17-10-12-8-7-11(9-15(17)19)18(12)24(21,22)14-6-4-3-5-13(14)16(20)23-2/h3-6,11-12H,7-10H2,1-2H3/t11-,12+/m1/s1. The van der Waals surface area contributed by atoms with Crippen LogP contribution in [-0.2, 0) is 19.6 Å². The molecular weight excluding hydrogens is 332 g/mol. The van der Waals surface area contributed by atoms with Crippen LogP contribution < -0.4 is 0 Å². The van der Waals surface area contributed by atoms with Gasteiger partial charge >= 0.3 is 5.97 Å². The van der Waals surface area contributed by atoms with Crippen LogP contribution in [0.2, 0.25) is 0 Å². The normalized spacial score (nSPS) is 24.8. The molecule has 2 aliphatic rings. The minimum atomic E-state index is -3.90. The molecule has 130 valence electrons. The number of hydrogen-bond acceptors (Lipinski definition) is 5. The summed E-state index contributed by atoms with van der Waals surface area (Å²) in [7, 11) is -0.992. The Balaban J connectivity index is 2.06. The summed E-state index contributed by atoms with van der Waals surface area (Å²) in [5.74, 6) is -0.742. The fraction of sp³-hybridized carbons (Fsp3) is 0.500. The highest BCUT2D eigenvalue weighted by molar-refractivity contribution is 7.89. The fourth-order valence-corrected chi connectivity index (χ4v) is 5.60. The van der Waals surface area contributed by atoms with Gasteiger partial charge in [-0.05, 0) is 25.0 Å². The van der Waals surface area contributed by atoms with E-state index < -0.39 is 16.0 Å². The highest BCUT2D eigenvalue weighted by atomic mass is 32.2. The average molecular weight is 352 g/mol. The van der Waals surface area contributed by atoms with Gasteiger partial charge in [0.1, 0.15) is 0 Å². The van der Waals surface area contributed by atoms with Gasteiger partial charge in [0.2, 0.25) is 15.9 Å². The zero-order valence-corrected chi connectivity index (χ0v) is 14.5. The molecule has 2 heterocycles. The molecule has 0 saturated carbocycles. The molecule has 3 rings (SSSR count). The second-order valence-electron chi connectivity index (χ2n) is 6.19. The van der Waals surface area contributed by atoms with Gasteiger partial charge in [-0.15, -0.1) is 0 Å². The van der Waals surface area contributed by atoms with Crippen molar-refractivity contribution in [2.45, 2.75) is 36.2 Å². The number of rotatable bonds is 3. The monoisotopic (exact) mass is 352 g/mol. The minimum absolute atomic E-state index is 0.0170. The van der Waals surface area contributed by atoms with Gasteiger partial charge in [0.05, 0.1) is 17.6 Å². The largest absolute Gasteiger partial charge is 0.465 e. The molecular formula is C16H20N2O5S. The summed E-state index contributed by atoms with van der Waals surface area (Å²) in [6, 6.07) is 5.41. The van der Waals surface area contributed by atoms with Crippen LogP contribution in [0.4, 0.5) is 0 Å². The molecule has 0 spiro atoms. The maximum Gasteiger partial charge on any atom is 0.339 e. The summed E-state index contributed by atoms with van der Waals surface area (Å²) in [6.07, 6.45) is 1.54. The van der Waals surface area contributed by atoms with Crippen LogP contribution in [0.5, 0.6) is 0 Å². The van der Waals surface area contributed by atoms with E-state index in [1.165, 1.54) is 23.5 Å². The Hall–Kier alpha value is -1.93. The number of ether oxygens (including phenoxy) is 1. The Labute approximate surface area is 141 Å². The first-order valence-electron chi connectivity index (χ1n) is 7.81. The lowest BCUT2D eigenvalue weighted by molar-refractivity contribution is -0.130. The number of likely N-dealkylation sites (N-methyl/N-ethyl adjacent to an activating group) is 1. The molecule has 2 fully saturated rings. The quantitative estimate of drug-likeness (QED) is 0.753. The average Bonchev–Trinajstić information content (AvgIpc) is 2.91. The molecule has 0 aromatic heterocycles. The van der Waals surface area contributed by atoms with Crippen LogP contribution in [0.3, 0.4) is 0 Å². The van der Waals surface area contributed by atoms with Gasteiger partial charge in [-0.25, -0.2) is 13.2 Å². The molecule has 1 aromatic carbocycles. The summed E-state index contributed by atoms with van der Waals surface area (Å²) in [5, 5.41) is 0. The second kappa shape index (κ2) is 6.18. The van der Waals surface area contributed by atoms with E-state index in [0.717, 1.165) is 0 Å². The SMILES string of the molecule is COC(=O)c1ccccc1S(=O)(=O)N1[C@@H]2CC[C@H]1CN(C)C(=O)C2. The van der Waals surface area contributed by atoms with Crippen LogP contribution in [-0.4, -0.2) is 62.3 Å². The minimum Gasteiger partial charge on any atom is -0.465 e. The number of carbonyl (C=O) groups is 2. The number of amides is 1. The van der Waals surface area contributed by atoms with Crippen molar-refractivity contribution < 1.29 is 22.7 Å². The first-order valence-corrected chi connectivity index (χ1v) is 9.25. The Morgan fingerprint density at radius 3 is 2.58 bits per heavy atom. The zero-order valence-electron chi connectivity index (χ0n) is 13.6. The lowest BCUT2D eigenvalue weighted by atomic mass is 10.1. The first kappa shape index (κ1) is 16.9. The molecule has 24 heavy (non-hydrogen) atoms. The third kappa shape index (κ3) is 2.69. The van der Waals surface area contributed by atoms with Crippen LogP contribution in [0.25, 0.3) is 0 Å². The van der Waals surface area contributed by atoms with Crippen LogP contribution in [0, 0.1) is 0 Å². The molecule has 0 aliphatic carbocycles. The molecule has 2 aliphatic heterocycles. The Morgan fingerprint density at radius 2 is 1.88 bits per heavy atom. The number of likely N-dealkylation sites (tertiary alicyclic amines) is 1. The van der Waals surface area contributed by atoms with Crippen LogP contribution in [0.15, 0.2) is 29.2 Å². The van der Waals surface area contributed by atoms with Crippen molar-refractivity contribution in [2.24, 2.45) is 0 Å². The number of nitrogens with zero attached hydrogens (tertiary/aromatic N) is 2. The lowest BCUT2D eigenvalue weighted by Crippen LogP contribution is -2.43. The van der Waals surface area contributed by atoms with E-state index in [1.54, 1.807) is 24.1 Å². The highest BCUT2D eigenvalue weighted by Crippen LogP contribution is 2.36. The van der Waals surface area contributed by atoms with Gasteiger partial charge < -0.3 is 9.64 Å². The van der Waals surface area contributed by atoms with Gasteiger partial charge in [0.15, 0.2) is 0 Å². The van der Waals surface area contributed by atoms with E-state index >= 15 is 0 Å². The summed E-state index contributed by atoms with van der Waals surface area (Å²) in [5.41, 5.74) is 0.0170. The van der Waals surface area contributed by atoms with Crippen molar-refractivity contribution >= 4 is 21.9 Å². The molecule has 2 bridgehead atoms. The van der Waals surface area contributed by atoms with E-state index in [0.29, 0.717) is 19.4 Å². The van der Waals surface area contributed by atoms with Gasteiger partial charge in [0.25, 0.3) is 0 Å². The smallest absolute Gasteiger partial charge is 0.339 e. The van der Waals surface area contributed by atoms with Gasteiger partial charge in [0, 0.05) is 32.1 Å². The van der Waals surface area contributed by atoms with E-state index in [-0.39, 0.29) is 34.9 Å². The molecule has 1 aromatic rings. The lowest BCUT2D eigenvalue weighted by Gasteiger charge is -2.27. The Morgan fingerprint density at radius 1 is 1.21 bits per heavy atom. The van der Waals surface area contributed by atoms with Crippen LogP contribution >= 0.6 is 0 Å². The first-order chi connectivity index (χ1) is 11.4. The van der Waals surface area contributed by atoms with E-state index in [2.05, 4.69) is 0 Å². The topological polar surface area (TPSA) is 84.0 Å². The molecule has 0 unspecified atom stereocenters. The highest BCUT2D eigenvalue weighted by Gasteiger charge is 2.46. The van der Waals surface area contributed by atoms with Gasteiger partial charge in [-0.3, -0.25) is 4.79 Å². The number of methoxy groups -OCH3 is 1. The number of esters is 1. The van der Waals surface area contributed by atoms with Crippen molar-refractivity contribution in [3.05, 3.63) is 29.8 Å². The van der Waals surface area contributed by atoms with Crippen LogP contribution in [0.1, 0.15) is 29.6 Å². The van der Waals surface area contributed by atoms with Gasteiger partial charge in [-0.2, -0.15) is 4.31 Å². The van der Waals surface area contributed by atoms with Crippen molar-refractivity contribution in [3.63, 3.8) is 0 Å². The third-order valence-electron chi connectivity index (χ3n) is 4.72. The molecule has 0 radical (unpaired) electrons. The van der Waals surface area contributed by atoms with Gasteiger partial charge in [-0.1, -0.05) is 12.1 Å². The molecule has 7 nitrogen and oxygen atoms in total. The Kier molecular flexibility index (Phi) is 4.35. The zero-order chi connectivity index (χ0) is 17.5. The summed E-state index contributed by atoms with van der Waals surface area (Å²) >= 11 is 0. The molecule has 2 atom stereocenters. The van der Waals surface area contributed by atoms with E-state index in [4.69, 9.17) is 4.74 Å². The molecule has 0 N–H and O–H groups in total. The fourth-order valence-electron chi connectivity index (χ4n) is 3.55. The number of fused-ring (bicyclic) bond motifs is 2. The molecule has 1 amide bonds. The van der Waals surface area contributed by atoms with Crippen molar-refractivity contribution in [1.29, 1.82) is 0 Å². The summed E-state index contributed by atoms with van der Waals surface area (Å²) in [4.78, 5) is 25.5. The van der Waals surface area contributed by atoms with Crippen molar-refractivity contribution in [3.8, 4) is 0 Å². The number of sulfonamides is 1. The molecule has 8 heteroatoms. The summed E-state index contributed by atoms with van der Waals surface area (Å²) in [6.45, 7) is 0.370. The van der Waals surface area contributed by atoms with Crippen molar-refractivity contribution in [1.82, 2.24) is 9.21 Å². The third-order valence-corrected chi connectivity index (χ3v) is 6.78. The number of benzene rings is 1. The van der Waals surface area contributed by atoms with E-state index in [9.17, 15) is 18.0 Å². The second-order valence-corrected chi connectivity index (χ2v) is 8.00. The van der Waals surface area contributed by atoms with E-state index in [1.807, 2.05) is 0 Å².